The number of rotatable bonds is 7. The first-order chi connectivity index (χ1) is 12.2. The molecule has 3 rings (SSSR count). The van der Waals surface area contributed by atoms with Crippen LogP contribution in [0.5, 0.6) is 0 Å². The SMILES string of the molecule is CSc1ccc(CSCC(=O)N[C@H](C)c2cc3ccccc3o2)cc1. The first-order valence-corrected chi connectivity index (χ1v) is 10.5. The molecule has 0 unspecified atom stereocenters. The van der Waals surface area contributed by atoms with E-state index >= 15 is 0 Å². The van der Waals surface area contributed by atoms with Crippen molar-refractivity contribution in [3.63, 3.8) is 0 Å². The molecule has 0 aliphatic heterocycles. The molecule has 1 N–H and O–H groups in total. The molecule has 1 atom stereocenters. The summed E-state index contributed by atoms with van der Waals surface area (Å²) in [4.78, 5) is 13.4. The summed E-state index contributed by atoms with van der Waals surface area (Å²) in [5.74, 6) is 2.08. The summed E-state index contributed by atoms with van der Waals surface area (Å²) in [7, 11) is 0. The molecule has 0 saturated heterocycles. The van der Waals surface area contributed by atoms with Crippen LogP contribution in [-0.2, 0) is 10.5 Å². The Bertz CT molecular complexity index is 809. The van der Waals surface area contributed by atoms with Crippen molar-refractivity contribution in [1.82, 2.24) is 5.32 Å². The predicted octanol–water partition coefficient (Wildman–Crippen LogP) is 5.27. The predicted molar refractivity (Wildman–Crippen MR) is 107 cm³/mol. The lowest BCUT2D eigenvalue weighted by Crippen LogP contribution is -2.27. The van der Waals surface area contributed by atoms with Crippen molar-refractivity contribution in [2.24, 2.45) is 0 Å². The van der Waals surface area contributed by atoms with Crippen molar-refractivity contribution in [3.8, 4) is 0 Å². The molecule has 0 spiro atoms. The highest BCUT2D eigenvalue weighted by molar-refractivity contribution is 7.99. The van der Waals surface area contributed by atoms with Gasteiger partial charge < -0.3 is 9.73 Å². The van der Waals surface area contributed by atoms with E-state index in [4.69, 9.17) is 4.42 Å². The Hall–Kier alpha value is -1.85. The highest BCUT2D eigenvalue weighted by Gasteiger charge is 2.14. The van der Waals surface area contributed by atoms with Crippen molar-refractivity contribution in [3.05, 3.63) is 65.9 Å². The van der Waals surface area contributed by atoms with Crippen LogP contribution >= 0.6 is 23.5 Å². The number of carbonyl (C=O) groups excluding carboxylic acids is 1. The molecule has 0 bridgehead atoms. The maximum atomic E-state index is 12.2. The average Bonchev–Trinajstić information content (AvgIpc) is 3.06. The van der Waals surface area contributed by atoms with E-state index in [1.165, 1.54) is 10.5 Å². The van der Waals surface area contributed by atoms with E-state index in [1.54, 1.807) is 23.5 Å². The molecular weight excluding hydrogens is 350 g/mol. The second kappa shape index (κ2) is 8.50. The van der Waals surface area contributed by atoms with Crippen LogP contribution in [0.15, 0.2) is 63.9 Å². The Morgan fingerprint density at radius 2 is 1.92 bits per heavy atom. The van der Waals surface area contributed by atoms with E-state index in [9.17, 15) is 4.79 Å². The number of amides is 1. The number of thioether (sulfide) groups is 2. The maximum Gasteiger partial charge on any atom is 0.230 e. The fourth-order valence-electron chi connectivity index (χ4n) is 2.55. The van der Waals surface area contributed by atoms with Gasteiger partial charge in [-0.1, -0.05) is 30.3 Å². The highest BCUT2D eigenvalue weighted by atomic mass is 32.2. The van der Waals surface area contributed by atoms with Gasteiger partial charge in [-0.05, 0) is 43.0 Å². The van der Waals surface area contributed by atoms with Crippen molar-refractivity contribution >= 4 is 40.4 Å². The minimum Gasteiger partial charge on any atom is -0.459 e. The summed E-state index contributed by atoms with van der Waals surface area (Å²) >= 11 is 3.35. The normalized spacial score (nSPS) is 12.2. The molecule has 1 amide bonds. The van der Waals surface area contributed by atoms with Gasteiger partial charge in [-0.2, -0.15) is 0 Å². The van der Waals surface area contributed by atoms with E-state index in [2.05, 4.69) is 35.8 Å². The fourth-order valence-corrected chi connectivity index (χ4v) is 3.76. The van der Waals surface area contributed by atoms with Gasteiger partial charge in [-0.15, -0.1) is 23.5 Å². The second-order valence-corrected chi connectivity index (χ2v) is 7.68. The molecule has 0 radical (unpaired) electrons. The third-order valence-electron chi connectivity index (χ3n) is 3.91. The van der Waals surface area contributed by atoms with E-state index in [1.807, 2.05) is 37.3 Å². The molecule has 25 heavy (non-hydrogen) atoms. The number of furan rings is 1. The Kier molecular flexibility index (Phi) is 6.10. The highest BCUT2D eigenvalue weighted by Crippen LogP contribution is 2.24. The van der Waals surface area contributed by atoms with Crippen LogP contribution in [0.2, 0.25) is 0 Å². The van der Waals surface area contributed by atoms with Crippen LogP contribution in [0.25, 0.3) is 11.0 Å². The van der Waals surface area contributed by atoms with E-state index in [-0.39, 0.29) is 11.9 Å². The number of benzene rings is 2. The molecular formula is C20H21NO2S2. The second-order valence-electron chi connectivity index (χ2n) is 5.82. The Labute approximate surface area is 156 Å². The number of para-hydroxylation sites is 1. The van der Waals surface area contributed by atoms with Gasteiger partial charge in [0.2, 0.25) is 5.91 Å². The van der Waals surface area contributed by atoms with Crippen LogP contribution < -0.4 is 5.32 Å². The molecule has 3 aromatic rings. The molecule has 1 aromatic heterocycles. The smallest absolute Gasteiger partial charge is 0.230 e. The van der Waals surface area contributed by atoms with Gasteiger partial charge in [-0.3, -0.25) is 4.79 Å². The Morgan fingerprint density at radius 1 is 1.16 bits per heavy atom. The monoisotopic (exact) mass is 371 g/mol. The summed E-state index contributed by atoms with van der Waals surface area (Å²) < 4.78 is 5.80. The van der Waals surface area contributed by atoms with Gasteiger partial charge in [0.25, 0.3) is 0 Å². The fraction of sp³-hybridized carbons (Fsp3) is 0.250. The third-order valence-corrected chi connectivity index (χ3v) is 5.66. The molecule has 130 valence electrons. The maximum absolute atomic E-state index is 12.2. The molecule has 2 aromatic carbocycles. The molecule has 1 heterocycles. The molecule has 5 heteroatoms. The Balaban J connectivity index is 1.48. The van der Waals surface area contributed by atoms with E-state index in [0.29, 0.717) is 5.75 Å². The van der Waals surface area contributed by atoms with Crippen molar-refractivity contribution in [2.75, 3.05) is 12.0 Å². The quantitative estimate of drug-likeness (QED) is 0.575. The molecule has 0 aliphatic rings. The van der Waals surface area contributed by atoms with E-state index in [0.717, 1.165) is 22.5 Å². The summed E-state index contributed by atoms with van der Waals surface area (Å²) in [6, 6.07) is 18.2. The lowest BCUT2D eigenvalue weighted by Gasteiger charge is -2.11. The van der Waals surface area contributed by atoms with Crippen molar-refractivity contribution in [1.29, 1.82) is 0 Å². The number of nitrogens with one attached hydrogen (secondary N) is 1. The van der Waals surface area contributed by atoms with E-state index < -0.39 is 0 Å². The zero-order chi connectivity index (χ0) is 17.6. The van der Waals surface area contributed by atoms with Crippen molar-refractivity contribution in [2.45, 2.75) is 23.6 Å². The minimum atomic E-state index is -0.138. The zero-order valence-corrected chi connectivity index (χ0v) is 16.0. The summed E-state index contributed by atoms with van der Waals surface area (Å²) in [6.45, 7) is 1.95. The largest absolute Gasteiger partial charge is 0.459 e. The minimum absolute atomic E-state index is 0.0266. The number of carbonyl (C=O) groups is 1. The first kappa shape index (κ1) is 18.0. The topological polar surface area (TPSA) is 42.2 Å². The summed E-state index contributed by atoms with van der Waals surface area (Å²) in [6.07, 6.45) is 2.07. The first-order valence-electron chi connectivity index (χ1n) is 8.14. The van der Waals surface area contributed by atoms with Crippen molar-refractivity contribution < 1.29 is 9.21 Å². The van der Waals surface area contributed by atoms with Crippen LogP contribution in [-0.4, -0.2) is 17.9 Å². The molecule has 0 fully saturated rings. The number of hydrogen-bond donors (Lipinski definition) is 1. The van der Waals surface area contributed by atoms with Gasteiger partial charge in [0.15, 0.2) is 0 Å². The van der Waals surface area contributed by atoms with Gasteiger partial charge in [0.05, 0.1) is 11.8 Å². The zero-order valence-electron chi connectivity index (χ0n) is 14.3. The van der Waals surface area contributed by atoms with Crippen LogP contribution in [0.4, 0.5) is 0 Å². The number of hydrogen-bond acceptors (Lipinski definition) is 4. The van der Waals surface area contributed by atoms with Crippen LogP contribution in [0.3, 0.4) is 0 Å². The number of fused-ring (bicyclic) bond motifs is 1. The Morgan fingerprint density at radius 3 is 2.64 bits per heavy atom. The van der Waals surface area contributed by atoms with Crippen LogP contribution in [0.1, 0.15) is 24.3 Å². The average molecular weight is 372 g/mol. The molecule has 0 aliphatic carbocycles. The van der Waals surface area contributed by atoms with Gasteiger partial charge in [0, 0.05) is 16.0 Å². The summed E-state index contributed by atoms with van der Waals surface area (Å²) in [5, 5.41) is 4.06. The standard InChI is InChI=1S/C20H21NO2S2/c1-14(19-11-16-5-3-4-6-18(16)23-19)21-20(22)13-25-12-15-7-9-17(24-2)10-8-15/h3-11,14H,12-13H2,1-2H3,(H,21,22)/t14-/m1/s1. The van der Waals surface area contributed by atoms with Gasteiger partial charge >= 0.3 is 0 Å². The van der Waals surface area contributed by atoms with Gasteiger partial charge in [-0.25, -0.2) is 0 Å². The molecule has 0 saturated carbocycles. The third kappa shape index (κ3) is 4.83. The van der Waals surface area contributed by atoms with Crippen LogP contribution in [0, 0.1) is 0 Å². The summed E-state index contributed by atoms with van der Waals surface area (Å²) in [5.41, 5.74) is 2.09. The lowest BCUT2D eigenvalue weighted by molar-refractivity contribution is -0.119. The van der Waals surface area contributed by atoms with Gasteiger partial charge in [0.1, 0.15) is 11.3 Å². The lowest BCUT2D eigenvalue weighted by atomic mass is 10.2. The molecule has 3 nitrogen and oxygen atoms in total.